The molecule has 0 N–H and O–H groups in total. The average molecular weight is 161 g/mol. The standard InChI is InChI=1S/C9H7NO2/c1-2-4-8(5-3-1)12-9-6-11-7-10-9/h1-7H. The Bertz CT molecular complexity index is 329. The number of benzene rings is 1. The average Bonchev–Trinajstić information content (AvgIpc) is 2.59. The van der Waals surface area contributed by atoms with E-state index in [0.29, 0.717) is 5.88 Å². The van der Waals surface area contributed by atoms with E-state index in [9.17, 15) is 0 Å². The first-order chi connectivity index (χ1) is 5.95. The minimum Gasteiger partial charge on any atom is -0.448 e. The van der Waals surface area contributed by atoms with Gasteiger partial charge in [0, 0.05) is 0 Å². The summed E-state index contributed by atoms with van der Waals surface area (Å²) in [6, 6.07) is 9.43. The Morgan fingerprint density at radius 3 is 2.67 bits per heavy atom. The highest BCUT2D eigenvalue weighted by Gasteiger charge is 1.96. The van der Waals surface area contributed by atoms with Gasteiger partial charge in [0.15, 0.2) is 12.7 Å². The normalized spacial score (nSPS) is 9.67. The third-order valence-electron chi connectivity index (χ3n) is 1.38. The topological polar surface area (TPSA) is 35.3 Å². The molecule has 0 spiro atoms. The zero-order valence-corrected chi connectivity index (χ0v) is 6.31. The van der Waals surface area contributed by atoms with Crippen molar-refractivity contribution in [2.24, 2.45) is 0 Å². The van der Waals surface area contributed by atoms with E-state index in [-0.39, 0.29) is 0 Å². The van der Waals surface area contributed by atoms with Crippen molar-refractivity contribution in [1.29, 1.82) is 0 Å². The van der Waals surface area contributed by atoms with Crippen LogP contribution >= 0.6 is 0 Å². The van der Waals surface area contributed by atoms with Crippen LogP contribution in [0.4, 0.5) is 0 Å². The van der Waals surface area contributed by atoms with E-state index >= 15 is 0 Å². The summed E-state index contributed by atoms with van der Waals surface area (Å²) in [7, 11) is 0. The van der Waals surface area contributed by atoms with Gasteiger partial charge in [-0.25, -0.2) is 0 Å². The van der Waals surface area contributed by atoms with E-state index in [1.165, 1.54) is 12.7 Å². The molecule has 0 aliphatic rings. The van der Waals surface area contributed by atoms with E-state index in [1.54, 1.807) is 0 Å². The van der Waals surface area contributed by atoms with Crippen molar-refractivity contribution < 1.29 is 9.15 Å². The van der Waals surface area contributed by atoms with Crippen LogP contribution in [-0.2, 0) is 0 Å². The Morgan fingerprint density at radius 2 is 2.00 bits per heavy atom. The lowest BCUT2D eigenvalue weighted by atomic mass is 10.3. The monoisotopic (exact) mass is 161 g/mol. The largest absolute Gasteiger partial charge is 0.448 e. The van der Waals surface area contributed by atoms with E-state index in [4.69, 9.17) is 9.15 Å². The molecule has 0 saturated carbocycles. The highest BCUT2D eigenvalue weighted by Crippen LogP contribution is 2.17. The van der Waals surface area contributed by atoms with E-state index in [2.05, 4.69) is 4.98 Å². The van der Waals surface area contributed by atoms with Gasteiger partial charge in [0.1, 0.15) is 5.75 Å². The minimum atomic E-state index is 0.473. The first-order valence-electron chi connectivity index (χ1n) is 3.56. The van der Waals surface area contributed by atoms with Crippen LogP contribution in [0.2, 0.25) is 0 Å². The molecule has 2 aromatic rings. The van der Waals surface area contributed by atoms with Crippen molar-refractivity contribution in [3.05, 3.63) is 43.0 Å². The molecule has 1 aromatic carbocycles. The fraction of sp³-hybridized carbons (Fsp3) is 0. The van der Waals surface area contributed by atoms with Crippen LogP contribution in [0, 0.1) is 0 Å². The highest BCUT2D eigenvalue weighted by atomic mass is 16.5. The summed E-state index contributed by atoms with van der Waals surface area (Å²) >= 11 is 0. The van der Waals surface area contributed by atoms with Gasteiger partial charge in [-0.15, -0.1) is 0 Å². The second-order valence-corrected chi connectivity index (χ2v) is 2.24. The summed E-state index contributed by atoms with van der Waals surface area (Å²) in [5.74, 6) is 1.23. The fourth-order valence-corrected chi connectivity index (χ4v) is 0.861. The van der Waals surface area contributed by atoms with Gasteiger partial charge in [0.2, 0.25) is 0 Å². The number of hydrogen-bond donors (Lipinski definition) is 0. The second-order valence-electron chi connectivity index (χ2n) is 2.24. The summed E-state index contributed by atoms with van der Waals surface area (Å²) in [5.41, 5.74) is 0. The number of rotatable bonds is 2. The first-order valence-corrected chi connectivity index (χ1v) is 3.56. The van der Waals surface area contributed by atoms with Crippen molar-refractivity contribution >= 4 is 0 Å². The maximum atomic E-state index is 5.31. The fourth-order valence-electron chi connectivity index (χ4n) is 0.861. The molecule has 12 heavy (non-hydrogen) atoms. The van der Waals surface area contributed by atoms with E-state index < -0.39 is 0 Å². The molecule has 1 heterocycles. The molecule has 0 bridgehead atoms. The molecular formula is C9H7NO2. The SMILES string of the molecule is c1ccc(Oc2cocn2)cc1. The number of aromatic nitrogens is 1. The Kier molecular flexibility index (Phi) is 1.78. The van der Waals surface area contributed by atoms with Gasteiger partial charge in [-0.2, -0.15) is 4.98 Å². The molecule has 0 unspecified atom stereocenters. The maximum Gasteiger partial charge on any atom is 0.258 e. The summed E-state index contributed by atoms with van der Waals surface area (Å²) < 4.78 is 10.1. The lowest BCUT2D eigenvalue weighted by Crippen LogP contribution is -1.81. The number of hydrogen-bond acceptors (Lipinski definition) is 3. The summed E-state index contributed by atoms with van der Waals surface area (Å²) in [5, 5.41) is 0. The van der Waals surface area contributed by atoms with Crippen LogP contribution < -0.4 is 4.74 Å². The van der Waals surface area contributed by atoms with Crippen LogP contribution in [0.5, 0.6) is 11.6 Å². The van der Waals surface area contributed by atoms with Gasteiger partial charge >= 0.3 is 0 Å². The molecule has 0 aliphatic heterocycles. The molecule has 2 rings (SSSR count). The third-order valence-corrected chi connectivity index (χ3v) is 1.38. The molecular weight excluding hydrogens is 154 g/mol. The van der Waals surface area contributed by atoms with Crippen LogP contribution in [0.1, 0.15) is 0 Å². The zero-order chi connectivity index (χ0) is 8.23. The van der Waals surface area contributed by atoms with Crippen molar-refractivity contribution in [3.8, 4) is 11.6 Å². The number of ether oxygens (including phenoxy) is 1. The molecule has 3 nitrogen and oxygen atoms in total. The van der Waals surface area contributed by atoms with Gasteiger partial charge < -0.3 is 9.15 Å². The van der Waals surface area contributed by atoms with Crippen molar-refractivity contribution in [3.63, 3.8) is 0 Å². The summed E-state index contributed by atoms with van der Waals surface area (Å²) in [6.45, 7) is 0. The van der Waals surface area contributed by atoms with Crippen LogP contribution in [0.25, 0.3) is 0 Å². The Morgan fingerprint density at radius 1 is 1.17 bits per heavy atom. The molecule has 60 valence electrons. The van der Waals surface area contributed by atoms with Crippen molar-refractivity contribution in [2.45, 2.75) is 0 Å². The molecule has 0 saturated heterocycles. The van der Waals surface area contributed by atoms with Crippen LogP contribution in [0.15, 0.2) is 47.4 Å². The smallest absolute Gasteiger partial charge is 0.258 e. The van der Waals surface area contributed by atoms with Crippen molar-refractivity contribution in [2.75, 3.05) is 0 Å². The van der Waals surface area contributed by atoms with Gasteiger partial charge in [0.05, 0.1) is 0 Å². The highest BCUT2D eigenvalue weighted by molar-refractivity contribution is 5.24. The molecule has 0 amide bonds. The molecule has 3 heteroatoms. The van der Waals surface area contributed by atoms with Gasteiger partial charge in [0.25, 0.3) is 5.88 Å². The minimum absolute atomic E-state index is 0.473. The number of nitrogens with zero attached hydrogens (tertiary/aromatic N) is 1. The summed E-state index contributed by atoms with van der Waals surface area (Å²) in [6.07, 6.45) is 2.78. The lowest BCUT2D eigenvalue weighted by Gasteiger charge is -1.98. The number of para-hydroxylation sites is 1. The number of oxazole rings is 1. The predicted molar refractivity (Wildman–Crippen MR) is 43.0 cm³/mol. The van der Waals surface area contributed by atoms with Crippen LogP contribution in [0.3, 0.4) is 0 Å². The van der Waals surface area contributed by atoms with E-state index in [1.807, 2.05) is 30.3 Å². The molecule has 0 atom stereocenters. The molecule has 0 fully saturated rings. The Labute approximate surface area is 69.6 Å². The predicted octanol–water partition coefficient (Wildman–Crippen LogP) is 2.47. The third kappa shape index (κ3) is 1.45. The Hall–Kier alpha value is -1.77. The van der Waals surface area contributed by atoms with Crippen molar-refractivity contribution in [1.82, 2.24) is 4.98 Å². The first kappa shape index (κ1) is 6.91. The van der Waals surface area contributed by atoms with Gasteiger partial charge in [-0.1, -0.05) is 18.2 Å². The molecule has 0 aliphatic carbocycles. The molecule has 1 aromatic heterocycles. The zero-order valence-electron chi connectivity index (χ0n) is 6.31. The lowest BCUT2D eigenvalue weighted by molar-refractivity contribution is 0.457. The maximum absolute atomic E-state index is 5.31. The van der Waals surface area contributed by atoms with Crippen LogP contribution in [-0.4, -0.2) is 4.98 Å². The molecule has 0 radical (unpaired) electrons. The van der Waals surface area contributed by atoms with E-state index in [0.717, 1.165) is 5.75 Å². The Balaban J connectivity index is 2.15. The van der Waals surface area contributed by atoms with Gasteiger partial charge in [-0.05, 0) is 12.1 Å². The quantitative estimate of drug-likeness (QED) is 0.678. The second kappa shape index (κ2) is 3.09. The summed E-state index contributed by atoms with van der Waals surface area (Å²) in [4.78, 5) is 3.82. The van der Waals surface area contributed by atoms with Gasteiger partial charge in [-0.3, -0.25) is 0 Å².